The van der Waals surface area contributed by atoms with Gasteiger partial charge in [0.15, 0.2) is 0 Å². The van der Waals surface area contributed by atoms with Gasteiger partial charge in [-0.1, -0.05) is 30.3 Å². The van der Waals surface area contributed by atoms with Crippen molar-refractivity contribution in [3.05, 3.63) is 65.7 Å². The first-order chi connectivity index (χ1) is 8.15. The molecule has 0 unspecified atom stereocenters. The first kappa shape index (κ1) is 11.6. The summed E-state index contributed by atoms with van der Waals surface area (Å²) in [5.74, 6) is -0.269. The molecule has 1 heterocycles. The normalized spacial score (nSPS) is 10.0. The van der Waals surface area contributed by atoms with Crippen molar-refractivity contribution < 1.29 is 4.39 Å². The summed E-state index contributed by atoms with van der Waals surface area (Å²) < 4.78 is 12.7. The van der Waals surface area contributed by atoms with Crippen LogP contribution in [0.5, 0.6) is 0 Å². The summed E-state index contributed by atoms with van der Waals surface area (Å²) in [6, 6.07) is 9.58. The Morgan fingerprint density at radius 3 is 2.47 bits per heavy atom. The standard InChI is InChI=1S/C13H10ClFN2/c1-9(10-2-4-11(15)5-3-10)17-12-6-7-13(14)16-8-12/h2-8,17H,1H2. The molecule has 1 aromatic carbocycles. The summed E-state index contributed by atoms with van der Waals surface area (Å²) in [5, 5.41) is 3.50. The maximum Gasteiger partial charge on any atom is 0.129 e. The molecule has 2 aromatic rings. The molecule has 1 N–H and O–H groups in total. The summed E-state index contributed by atoms with van der Waals surface area (Å²) >= 11 is 5.68. The smallest absolute Gasteiger partial charge is 0.129 e. The van der Waals surface area contributed by atoms with E-state index in [9.17, 15) is 4.39 Å². The van der Waals surface area contributed by atoms with E-state index in [1.807, 2.05) is 0 Å². The Morgan fingerprint density at radius 1 is 1.18 bits per heavy atom. The first-order valence-corrected chi connectivity index (χ1v) is 5.36. The van der Waals surface area contributed by atoms with Crippen LogP contribution in [0.1, 0.15) is 5.56 Å². The fourth-order valence-corrected chi connectivity index (χ4v) is 1.46. The van der Waals surface area contributed by atoms with Crippen LogP contribution < -0.4 is 5.32 Å². The number of anilines is 1. The highest BCUT2D eigenvalue weighted by atomic mass is 35.5. The van der Waals surface area contributed by atoms with E-state index < -0.39 is 0 Å². The highest BCUT2D eigenvalue weighted by molar-refractivity contribution is 6.29. The second kappa shape index (κ2) is 4.97. The second-order valence-corrected chi connectivity index (χ2v) is 3.87. The van der Waals surface area contributed by atoms with Crippen molar-refractivity contribution in [1.82, 2.24) is 4.98 Å². The predicted molar refractivity (Wildman–Crippen MR) is 68.3 cm³/mol. The van der Waals surface area contributed by atoms with Gasteiger partial charge in [-0.25, -0.2) is 9.37 Å². The van der Waals surface area contributed by atoms with E-state index in [2.05, 4.69) is 16.9 Å². The Hall–Kier alpha value is -1.87. The van der Waals surface area contributed by atoms with Gasteiger partial charge in [0.1, 0.15) is 11.0 Å². The lowest BCUT2D eigenvalue weighted by atomic mass is 10.1. The highest BCUT2D eigenvalue weighted by Gasteiger charge is 2.00. The minimum absolute atomic E-state index is 0.269. The van der Waals surface area contributed by atoms with Crippen molar-refractivity contribution >= 4 is 23.0 Å². The topological polar surface area (TPSA) is 24.9 Å². The summed E-state index contributed by atoms with van der Waals surface area (Å²) in [6.45, 7) is 3.88. The molecule has 0 bridgehead atoms. The van der Waals surface area contributed by atoms with Gasteiger partial charge < -0.3 is 5.32 Å². The molecule has 86 valence electrons. The van der Waals surface area contributed by atoms with Gasteiger partial charge in [0.2, 0.25) is 0 Å². The summed E-state index contributed by atoms with van der Waals surface area (Å²) in [6.07, 6.45) is 1.61. The minimum atomic E-state index is -0.269. The Kier molecular flexibility index (Phi) is 3.40. The highest BCUT2D eigenvalue weighted by Crippen LogP contribution is 2.17. The molecule has 0 saturated heterocycles. The number of pyridine rings is 1. The molecular weight excluding hydrogens is 239 g/mol. The van der Waals surface area contributed by atoms with E-state index in [1.165, 1.54) is 12.1 Å². The quantitative estimate of drug-likeness (QED) is 0.832. The van der Waals surface area contributed by atoms with E-state index >= 15 is 0 Å². The van der Waals surface area contributed by atoms with Crippen molar-refractivity contribution in [3.8, 4) is 0 Å². The van der Waals surface area contributed by atoms with E-state index in [0.29, 0.717) is 10.9 Å². The number of hydrogen-bond acceptors (Lipinski definition) is 2. The van der Waals surface area contributed by atoms with Crippen LogP contribution in [0.25, 0.3) is 5.70 Å². The average Bonchev–Trinajstić information content (AvgIpc) is 2.33. The van der Waals surface area contributed by atoms with Crippen LogP contribution in [-0.2, 0) is 0 Å². The lowest BCUT2D eigenvalue weighted by Gasteiger charge is -2.09. The van der Waals surface area contributed by atoms with E-state index in [-0.39, 0.29) is 5.82 Å². The van der Waals surface area contributed by atoms with Crippen LogP contribution in [-0.4, -0.2) is 4.98 Å². The lowest BCUT2D eigenvalue weighted by molar-refractivity contribution is 0.627. The first-order valence-electron chi connectivity index (χ1n) is 4.98. The zero-order valence-corrected chi connectivity index (χ0v) is 9.71. The zero-order valence-electron chi connectivity index (χ0n) is 8.95. The summed E-state index contributed by atoms with van der Waals surface area (Å²) in [5.41, 5.74) is 2.28. The third kappa shape index (κ3) is 3.04. The number of hydrogen-bond donors (Lipinski definition) is 1. The molecule has 0 aliphatic rings. The molecule has 0 fully saturated rings. The maximum atomic E-state index is 12.7. The van der Waals surface area contributed by atoms with Gasteiger partial charge in [-0.15, -0.1) is 0 Å². The molecule has 1 aromatic heterocycles. The van der Waals surface area contributed by atoms with Gasteiger partial charge in [-0.3, -0.25) is 0 Å². The molecule has 4 heteroatoms. The Balaban J connectivity index is 2.11. The van der Waals surface area contributed by atoms with Gasteiger partial charge in [0, 0.05) is 5.70 Å². The summed E-state index contributed by atoms with van der Waals surface area (Å²) in [7, 11) is 0. The molecular formula is C13H10ClFN2. The zero-order chi connectivity index (χ0) is 12.3. The number of halogens is 2. The van der Waals surface area contributed by atoms with Gasteiger partial charge in [0.05, 0.1) is 11.9 Å². The van der Waals surface area contributed by atoms with Crippen LogP contribution in [0, 0.1) is 5.82 Å². The van der Waals surface area contributed by atoms with E-state index in [4.69, 9.17) is 11.6 Å². The molecule has 0 spiro atoms. The van der Waals surface area contributed by atoms with Crippen LogP contribution in [0.3, 0.4) is 0 Å². The SMILES string of the molecule is C=C(Nc1ccc(Cl)nc1)c1ccc(F)cc1. The van der Waals surface area contributed by atoms with Crippen molar-refractivity contribution in [3.63, 3.8) is 0 Å². The van der Waals surface area contributed by atoms with Gasteiger partial charge >= 0.3 is 0 Å². The Bertz CT molecular complexity index is 520. The van der Waals surface area contributed by atoms with Gasteiger partial charge in [0.25, 0.3) is 0 Å². The van der Waals surface area contributed by atoms with Crippen LogP contribution >= 0.6 is 11.6 Å². The number of nitrogens with zero attached hydrogens (tertiary/aromatic N) is 1. The average molecular weight is 249 g/mol. The van der Waals surface area contributed by atoms with E-state index in [1.54, 1.807) is 30.5 Å². The predicted octanol–water partition coefficient (Wildman–Crippen LogP) is 3.96. The molecule has 2 nitrogen and oxygen atoms in total. The van der Waals surface area contributed by atoms with Crippen molar-refractivity contribution in [2.24, 2.45) is 0 Å². The minimum Gasteiger partial charge on any atom is -0.354 e. The van der Waals surface area contributed by atoms with Gasteiger partial charge in [-0.05, 0) is 29.8 Å². The summed E-state index contributed by atoms with van der Waals surface area (Å²) in [4.78, 5) is 3.94. The largest absolute Gasteiger partial charge is 0.354 e. The number of benzene rings is 1. The number of aromatic nitrogens is 1. The Labute approximate surface area is 104 Å². The van der Waals surface area contributed by atoms with Crippen molar-refractivity contribution in [1.29, 1.82) is 0 Å². The monoisotopic (exact) mass is 248 g/mol. The van der Waals surface area contributed by atoms with Gasteiger partial charge in [-0.2, -0.15) is 0 Å². The number of rotatable bonds is 3. The molecule has 17 heavy (non-hydrogen) atoms. The molecule has 0 radical (unpaired) electrons. The van der Waals surface area contributed by atoms with Crippen LogP contribution in [0.15, 0.2) is 49.2 Å². The van der Waals surface area contributed by atoms with Crippen molar-refractivity contribution in [2.75, 3.05) is 5.32 Å². The molecule has 0 aliphatic carbocycles. The second-order valence-electron chi connectivity index (χ2n) is 3.48. The molecule has 0 saturated carbocycles. The third-order valence-corrected chi connectivity index (χ3v) is 2.44. The molecule has 2 rings (SSSR count). The van der Waals surface area contributed by atoms with Crippen LogP contribution in [0.4, 0.5) is 10.1 Å². The number of nitrogens with one attached hydrogen (secondary N) is 1. The van der Waals surface area contributed by atoms with E-state index in [0.717, 1.165) is 11.3 Å². The lowest BCUT2D eigenvalue weighted by Crippen LogP contribution is -1.97. The maximum absolute atomic E-state index is 12.7. The fourth-order valence-electron chi connectivity index (χ4n) is 1.35. The molecule has 0 amide bonds. The molecule has 0 atom stereocenters. The third-order valence-electron chi connectivity index (χ3n) is 2.22. The molecule has 0 aliphatic heterocycles. The van der Waals surface area contributed by atoms with Crippen LogP contribution in [0.2, 0.25) is 5.15 Å². The fraction of sp³-hybridized carbons (Fsp3) is 0. The Morgan fingerprint density at radius 2 is 1.88 bits per heavy atom. The van der Waals surface area contributed by atoms with Crippen molar-refractivity contribution in [2.45, 2.75) is 0 Å².